The fourth-order valence-corrected chi connectivity index (χ4v) is 4.05. The first-order chi connectivity index (χ1) is 13.1. The molecule has 0 amide bonds. The molecule has 0 radical (unpaired) electrons. The maximum absolute atomic E-state index is 13.7. The number of benzene rings is 2. The van der Waals surface area contributed by atoms with Crippen molar-refractivity contribution in [3.05, 3.63) is 75.5 Å². The number of aromatic nitrogens is 1. The highest BCUT2D eigenvalue weighted by Gasteiger charge is 2.25. The smallest absolute Gasteiger partial charge is 0.256 e. The lowest BCUT2D eigenvalue weighted by Gasteiger charge is -2.30. The summed E-state index contributed by atoms with van der Waals surface area (Å²) in [5, 5.41) is 4.96. The van der Waals surface area contributed by atoms with E-state index < -0.39 is 0 Å². The summed E-state index contributed by atoms with van der Waals surface area (Å²) in [4.78, 5) is 15.3. The van der Waals surface area contributed by atoms with E-state index in [2.05, 4.69) is 29.4 Å². The van der Waals surface area contributed by atoms with Crippen molar-refractivity contribution in [2.24, 2.45) is 0 Å². The molecule has 1 aromatic heterocycles. The Balaban J connectivity index is 1.71. The van der Waals surface area contributed by atoms with Crippen LogP contribution in [0.4, 0.5) is 4.39 Å². The summed E-state index contributed by atoms with van der Waals surface area (Å²) >= 11 is 0. The predicted octanol–water partition coefficient (Wildman–Crippen LogP) is 4.40. The minimum Gasteiger partial charge on any atom is -0.497 e. The second kappa shape index (κ2) is 7.16. The highest BCUT2D eigenvalue weighted by atomic mass is 19.1. The molecule has 1 aliphatic carbocycles. The molecule has 0 fully saturated rings. The van der Waals surface area contributed by atoms with E-state index in [-0.39, 0.29) is 23.5 Å². The summed E-state index contributed by atoms with van der Waals surface area (Å²) in [5.74, 6) is 0.444. The molecule has 3 aromatic rings. The second-order valence-corrected chi connectivity index (χ2v) is 7.14. The molecule has 4 nitrogen and oxygen atoms in total. The summed E-state index contributed by atoms with van der Waals surface area (Å²) < 4.78 is 18.9. The first-order valence-corrected chi connectivity index (χ1v) is 9.31. The quantitative estimate of drug-likeness (QED) is 0.719. The van der Waals surface area contributed by atoms with E-state index in [1.54, 1.807) is 13.2 Å². The minimum atomic E-state index is -0.389. The first kappa shape index (κ1) is 17.7. The Morgan fingerprint density at radius 2 is 1.96 bits per heavy atom. The van der Waals surface area contributed by atoms with E-state index in [1.165, 1.54) is 17.7 Å². The lowest BCUT2D eigenvalue weighted by atomic mass is 9.87. The fraction of sp³-hybridized carbons (Fsp3) is 0.318. The van der Waals surface area contributed by atoms with Crippen molar-refractivity contribution in [2.75, 3.05) is 7.11 Å². The van der Waals surface area contributed by atoms with Crippen LogP contribution in [0.3, 0.4) is 0 Å². The number of hydrogen-bond donors (Lipinski definition) is 2. The highest BCUT2D eigenvalue weighted by molar-refractivity contribution is 5.86. The van der Waals surface area contributed by atoms with Gasteiger partial charge in [-0.05, 0) is 67.0 Å². The molecule has 2 atom stereocenters. The van der Waals surface area contributed by atoms with Gasteiger partial charge < -0.3 is 15.0 Å². The number of ether oxygens (including phenoxy) is 1. The van der Waals surface area contributed by atoms with Gasteiger partial charge >= 0.3 is 0 Å². The molecular formula is C22H23FN2O2. The molecular weight excluding hydrogens is 343 g/mol. The fourth-order valence-electron chi connectivity index (χ4n) is 4.05. The van der Waals surface area contributed by atoms with Crippen LogP contribution in [0.2, 0.25) is 0 Å². The number of aromatic amines is 1. The van der Waals surface area contributed by atoms with Crippen molar-refractivity contribution in [1.29, 1.82) is 0 Å². The first-order valence-electron chi connectivity index (χ1n) is 9.31. The van der Waals surface area contributed by atoms with Crippen molar-refractivity contribution in [1.82, 2.24) is 10.3 Å². The van der Waals surface area contributed by atoms with Crippen LogP contribution in [0.15, 0.2) is 47.3 Å². The molecule has 0 spiro atoms. The number of fused-ring (bicyclic) bond motifs is 3. The van der Waals surface area contributed by atoms with Crippen LogP contribution in [0.5, 0.6) is 5.75 Å². The highest BCUT2D eigenvalue weighted by Crippen LogP contribution is 2.35. The van der Waals surface area contributed by atoms with E-state index in [1.807, 2.05) is 12.1 Å². The van der Waals surface area contributed by atoms with Crippen molar-refractivity contribution in [2.45, 2.75) is 38.3 Å². The zero-order chi connectivity index (χ0) is 19.0. The third-order valence-electron chi connectivity index (χ3n) is 5.44. The number of halogens is 1. The summed E-state index contributed by atoms with van der Waals surface area (Å²) in [5.41, 5.74) is 3.01. The third-order valence-corrected chi connectivity index (χ3v) is 5.44. The molecule has 27 heavy (non-hydrogen) atoms. The van der Waals surface area contributed by atoms with Gasteiger partial charge in [-0.3, -0.25) is 4.79 Å². The lowest BCUT2D eigenvalue weighted by molar-refractivity contribution is 0.409. The molecule has 0 saturated carbocycles. The number of methoxy groups -OCH3 is 1. The molecule has 5 heteroatoms. The Kier molecular flexibility index (Phi) is 4.70. The molecule has 140 valence electrons. The van der Waals surface area contributed by atoms with Gasteiger partial charge in [0, 0.05) is 17.8 Å². The molecule has 1 heterocycles. The van der Waals surface area contributed by atoms with E-state index in [0.717, 1.165) is 41.7 Å². The number of H-pyrrole nitrogens is 1. The SMILES string of the molecule is COc1ccc(C(C)NC2CCCc3[nH]c(=O)c4cc(F)ccc4c32)cc1. The van der Waals surface area contributed by atoms with E-state index in [9.17, 15) is 9.18 Å². The number of pyridine rings is 1. The molecule has 1 aliphatic rings. The summed E-state index contributed by atoms with van der Waals surface area (Å²) in [6.07, 6.45) is 2.82. The standard InChI is InChI=1S/C22H23FN2O2/c1-13(14-6-9-16(27-2)10-7-14)24-19-4-3-5-20-21(19)17-11-8-15(23)12-18(17)22(26)25-20/h6-13,19,24H,3-5H2,1-2H3,(H,25,26). The number of rotatable bonds is 4. The van der Waals surface area contributed by atoms with Gasteiger partial charge in [0.25, 0.3) is 5.56 Å². The number of aryl methyl sites for hydroxylation is 1. The average Bonchev–Trinajstić information content (AvgIpc) is 2.68. The zero-order valence-electron chi connectivity index (χ0n) is 15.5. The minimum absolute atomic E-state index is 0.107. The van der Waals surface area contributed by atoms with Crippen LogP contribution in [0, 0.1) is 5.82 Å². The van der Waals surface area contributed by atoms with Crippen molar-refractivity contribution in [3.8, 4) is 5.75 Å². The van der Waals surface area contributed by atoms with Crippen LogP contribution in [-0.2, 0) is 6.42 Å². The molecule has 0 aliphatic heterocycles. The molecule has 0 bridgehead atoms. The Bertz CT molecular complexity index is 1030. The van der Waals surface area contributed by atoms with Gasteiger partial charge in [0.2, 0.25) is 0 Å². The predicted molar refractivity (Wildman–Crippen MR) is 105 cm³/mol. The molecule has 4 rings (SSSR count). The van der Waals surface area contributed by atoms with E-state index in [4.69, 9.17) is 4.74 Å². The van der Waals surface area contributed by atoms with Crippen molar-refractivity contribution < 1.29 is 9.13 Å². The molecule has 0 saturated heterocycles. The van der Waals surface area contributed by atoms with Crippen molar-refractivity contribution in [3.63, 3.8) is 0 Å². The molecule has 2 aromatic carbocycles. The maximum Gasteiger partial charge on any atom is 0.256 e. The van der Waals surface area contributed by atoms with Crippen molar-refractivity contribution >= 4 is 10.8 Å². The van der Waals surface area contributed by atoms with E-state index in [0.29, 0.717) is 5.39 Å². The van der Waals surface area contributed by atoms with Gasteiger partial charge in [0.15, 0.2) is 0 Å². The van der Waals surface area contributed by atoms with Crippen LogP contribution < -0.4 is 15.6 Å². The Morgan fingerprint density at radius 3 is 2.70 bits per heavy atom. The average molecular weight is 366 g/mol. The largest absolute Gasteiger partial charge is 0.497 e. The van der Waals surface area contributed by atoms with Crippen LogP contribution >= 0.6 is 0 Å². The monoisotopic (exact) mass is 366 g/mol. The van der Waals surface area contributed by atoms with Gasteiger partial charge in [-0.2, -0.15) is 0 Å². The zero-order valence-corrected chi connectivity index (χ0v) is 15.5. The van der Waals surface area contributed by atoms with Gasteiger partial charge in [0.05, 0.1) is 12.5 Å². The topological polar surface area (TPSA) is 54.1 Å². The van der Waals surface area contributed by atoms with Gasteiger partial charge in [-0.15, -0.1) is 0 Å². The summed E-state index contributed by atoms with van der Waals surface area (Å²) in [6, 6.07) is 12.8. The van der Waals surface area contributed by atoms with Gasteiger partial charge in [0.1, 0.15) is 11.6 Å². The Hall–Kier alpha value is -2.66. The number of nitrogens with one attached hydrogen (secondary N) is 2. The molecule has 2 unspecified atom stereocenters. The second-order valence-electron chi connectivity index (χ2n) is 7.14. The summed E-state index contributed by atoms with van der Waals surface area (Å²) in [7, 11) is 1.66. The van der Waals surface area contributed by atoms with Gasteiger partial charge in [-0.25, -0.2) is 4.39 Å². The third kappa shape index (κ3) is 3.35. The summed E-state index contributed by atoms with van der Waals surface area (Å²) in [6.45, 7) is 2.13. The Labute approximate surface area is 157 Å². The maximum atomic E-state index is 13.7. The normalized spacial score (nSPS) is 17.5. The van der Waals surface area contributed by atoms with Crippen LogP contribution in [-0.4, -0.2) is 12.1 Å². The van der Waals surface area contributed by atoms with Gasteiger partial charge in [-0.1, -0.05) is 18.2 Å². The number of hydrogen-bond acceptors (Lipinski definition) is 3. The lowest BCUT2D eigenvalue weighted by Crippen LogP contribution is -2.30. The van der Waals surface area contributed by atoms with E-state index >= 15 is 0 Å². The van der Waals surface area contributed by atoms with Crippen LogP contribution in [0.25, 0.3) is 10.8 Å². The van der Waals surface area contributed by atoms with Crippen LogP contribution in [0.1, 0.15) is 48.7 Å². The molecule has 2 N–H and O–H groups in total. The Morgan fingerprint density at radius 1 is 1.19 bits per heavy atom.